The van der Waals surface area contributed by atoms with Gasteiger partial charge in [-0.2, -0.15) is 0 Å². The van der Waals surface area contributed by atoms with Crippen LogP contribution >= 0.6 is 11.6 Å². The van der Waals surface area contributed by atoms with Gasteiger partial charge in [-0.3, -0.25) is 23.5 Å². The van der Waals surface area contributed by atoms with Crippen molar-refractivity contribution in [3.05, 3.63) is 105 Å². The highest BCUT2D eigenvalue weighted by Gasteiger charge is 2.31. The molecular weight excluding hydrogens is 682 g/mol. The average Bonchev–Trinajstić information content (AvgIpc) is 3.51. The molecule has 0 radical (unpaired) electrons. The van der Waals surface area contributed by atoms with Gasteiger partial charge in [0.05, 0.1) is 17.3 Å². The molecule has 6 rings (SSSR count). The van der Waals surface area contributed by atoms with Crippen LogP contribution in [0.5, 0.6) is 0 Å². The minimum absolute atomic E-state index is 0.0966. The normalized spacial score (nSPS) is 15.7. The first-order valence-electron chi connectivity index (χ1n) is 16.3. The van der Waals surface area contributed by atoms with Gasteiger partial charge >= 0.3 is 0 Å². The average molecular weight is 720 g/mol. The van der Waals surface area contributed by atoms with Crippen molar-refractivity contribution in [3.63, 3.8) is 0 Å². The second-order valence-electron chi connectivity index (χ2n) is 12.6. The van der Waals surface area contributed by atoms with Crippen LogP contribution in [0.4, 0.5) is 11.4 Å². The van der Waals surface area contributed by atoms with Crippen molar-refractivity contribution in [3.8, 4) is 0 Å². The zero-order valence-corrected chi connectivity index (χ0v) is 29.4. The van der Waals surface area contributed by atoms with Crippen LogP contribution in [0.15, 0.2) is 82.0 Å². The maximum atomic E-state index is 14.1. The monoisotopic (exact) mass is 719 g/mol. The number of nitrogens with zero attached hydrogens (tertiary/aromatic N) is 4. The first-order chi connectivity index (χ1) is 23.9. The number of amides is 3. The molecule has 262 valence electrons. The fraction of sp³-hybridized carbons (Fsp3) is 0.333. The molecule has 1 atom stereocenters. The van der Waals surface area contributed by atoms with E-state index in [9.17, 15) is 27.6 Å². The highest BCUT2D eigenvalue weighted by molar-refractivity contribution is 7.92. The number of carbonyl (C=O) groups is 3. The summed E-state index contributed by atoms with van der Waals surface area (Å²) in [4.78, 5) is 58.8. The summed E-state index contributed by atoms with van der Waals surface area (Å²) in [6.45, 7) is 3.26. The van der Waals surface area contributed by atoms with Crippen LogP contribution in [0.1, 0.15) is 34.5 Å². The lowest BCUT2D eigenvalue weighted by atomic mass is 10.0. The number of rotatable bonds is 10. The molecule has 3 amide bonds. The lowest BCUT2D eigenvalue weighted by Crippen LogP contribution is -2.55. The molecule has 50 heavy (non-hydrogen) atoms. The zero-order chi connectivity index (χ0) is 35.6. The number of piperazine rings is 1. The molecule has 0 bridgehead atoms. The number of sulfonamides is 1. The smallest absolute Gasteiger partial charge is 0.287 e. The summed E-state index contributed by atoms with van der Waals surface area (Å²) in [5.74, 6) is -1.13. The molecule has 3 heterocycles. The van der Waals surface area contributed by atoms with Crippen molar-refractivity contribution >= 4 is 61.7 Å². The Bertz CT molecular complexity index is 2100. The summed E-state index contributed by atoms with van der Waals surface area (Å²) < 4.78 is 30.8. The highest BCUT2D eigenvalue weighted by Crippen LogP contribution is 2.26. The van der Waals surface area contributed by atoms with Gasteiger partial charge < -0.3 is 24.4 Å². The predicted octanol–water partition coefficient (Wildman–Crippen LogP) is 3.65. The number of hydrogen-bond acceptors (Lipinski definition) is 8. The third-order valence-corrected chi connectivity index (χ3v) is 10.7. The van der Waals surface area contributed by atoms with Crippen molar-refractivity contribution in [2.75, 3.05) is 55.2 Å². The maximum absolute atomic E-state index is 14.1. The van der Waals surface area contributed by atoms with Crippen LogP contribution in [0, 0.1) is 0 Å². The van der Waals surface area contributed by atoms with E-state index in [0.717, 1.165) is 46.4 Å². The van der Waals surface area contributed by atoms with Gasteiger partial charge in [-0.1, -0.05) is 41.9 Å². The summed E-state index contributed by atoms with van der Waals surface area (Å²) in [5, 5.41) is 3.44. The Kier molecular flexibility index (Phi) is 10.2. The fourth-order valence-corrected chi connectivity index (χ4v) is 6.97. The number of fused-ring (bicyclic) bond motifs is 1. The van der Waals surface area contributed by atoms with E-state index in [0.29, 0.717) is 44.2 Å². The van der Waals surface area contributed by atoms with Gasteiger partial charge in [0.15, 0.2) is 11.2 Å². The predicted molar refractivity (Wildman–Crippen MR) is 192 cm³/mol. The summed E-state index contributed by atoms with van der Waals surface area (Å²) in [5.41, 5.74) is 2.70. The van der Waals surface area contributed by atoms with Crippen LogP contribution in [-0.4, -0.2) is 88.0 Å². The van der Waals surface area contributed by atoms with E-state index in [-0.39, 0.29) is 40.7 Å². The Balaban J connectivity index is 1.19. The number of halogens is 1. The first-order valence-corrected chi connectivity index (χ1v) is 18.6. The van der Waals surface area contributed by atoms with E-state index >= 15 is 0 Å². The van der Waals surface area contributed by atoms with Gasteiger partial charge in [-0.15, -0.1) is 0 Å². The van der Waals surface area contributed by atoms with Crippen LogP contribution in [0.25, 0.3) is 11.0 Å². The number of anilines is 2. The summed E-state index contributed by atoms with van der Waals surface area (Å²) in [6, 6.07) is 19.4. The molecule has 0 spiro atoms. The third kappa shape index (κ3) is 7.79. The van der Waals surface area contributed by atoms with Crippen LogP contribution < -0.4 is 20.0 Å². The molecule has 1 aromatic heterocycles. The minimum atomic E-state index is -3.57. The van der Waals surface area contributed by atoms with Crippen LogP contribution in [0.2, 0.25) is 5.02 Å². The van der Waals surface area contributed by atoms with Gasteiger partial charge in [0, 0.05) is 75.9 Å². The zero-order valence-electron chi connectivity index (χ0n) is 27.8. The molecule has 0 saturated carbocycles. The number of benzene rings is 3. The van der Waals surface area contributed by atoms with Gasteiger partial charge in [0.1, 0.15) is 11.6 Å². The summed E-state index contributed by atoms with van der Waals surface area (Å²) in [6.07, 6.45) is 2.67. The second-order valence-corrected chi connectivity index (χ2v) is 15.1. The molecule has 0 unspecified atom stereocenters. The van der Waals surface area contributed by atoms with E-state index in [2.05, 4.69) is 10.2 Å². The molecule has 2 aliphatic heterocycles. The van der Waals surface area contributed by atoms with Crippen LogP contribution in [0.3, 0.4) is 0 Å². The largest absolute Gasteiger partial charge is 0.451 e. The van der Waals surface area contributed by atoms with E-state index in [1.54, 1.807) is 29.2 Å². The Hall–Kier alpha value is -4.88. The van der Waals surface area contributed by atoms with Crippen molar-refractivity contribution < 1.29 is 27.2 Å². The third-order valence-electron chi connectivity index (χ3n) is 9.21. The molecular formula is C36H38ClN5O7S. The highest BCUT2D eigenvalue weighted by atomic mass is 35.5. The van der Waals surface area contributed by atoms with Crippen LogP contribution in [-0.2, 0) is 32.6 Å². The van der Waals surface area contributed by atoms with E-state index in [4.69, 9.17) is 16.0 Å². The Labute approximate surface area is 295 Å². The number of carbonyl (C=O) groups excluding carboxylic acids is 3. The Morgan fingerprint density at radius 2 is 1.68 bits per heavy atom. The topological polar surface area (TPSA) is 141 Å². The standard InChI is InChI=1S/C36H38ClN5O7S/c1-39(50(2,47)48)27-13-14-32-28(21-27)31(43)22-33(49-32)35(45)38-29(20-24-9-11-26(37)12-10-24)36(46)41-18-16-40(17-19-41)30-7-4-3-6-25(30)23-42-15-5-8-34(42)44/h3-4,6-7,9-14,21-22,29H,5,8,15-20,23H2,1-2H3,(H,38,45)/t29-/m0/s1. The van der Waals surface area contributed by atoms with Gasteiger partial charge in [-0.25, -0.2) is 8.42 Å². The molecule has 3 aromatic carbocycles. The molecule has 2 aliphatic rings. The van der Waals surface area contributed by atoms with Gasteiger partial charge in [-0.05, 0) is 53.9 Å². The molecule has 12 nitrogen and oxygen atoms in total. The SMILES string of the molecule is CN(c1ccc2oc(C(=O)N[C@@H](Cc3ccc(Cl)cc3)C(=O)N3CCN(c4ccccc4CN4CCCC4=O)CC3)cc(=O)c2c1)S(C)(=O)=O. The number of para-hydroxylation sites is 1. The summed E-state index contributed by atoms with van der Waals surface area (Å²) >= 11 is 6.10. The fourth-order valence-electron chi connectivity index (χ4n) is 6.35. The molecule has 2 fully saturated rings. The Morgan fingerprint density at radius 3 is 2.36 bits per heavy atom. The van der Waals surface area contributed by atoms with Crippen molar-refractivity contribution in [2.45, 2.75) is 31.8 Å². The summed E-state index contributed by atoms with van der Waals surface area (Å²) in [7, 11) is -2.20. The van der Waals surface area contributed by atoms with E-state index in [1.165, 1.54) is 25.2 Å². The maximum Gasteiger partial charge on any atom is 0.287 e. The van der Waals surface area contributed by atoms with Crippen molar-refractivity contribution in [1.29, 1.82) is 0 Å². The van der Waals surface area contributed by atoms with Gasteiger partial charge in [0.25, 0.3) is 5.91 Å². The quantitative estimate of drug-likeness (QED) is 0.262. The molecule has 0 aliphatic carbocycles. The molecule has 2 saturated heterocycles. The number of likely N-dealkylation sites (tertiary alicyclic amines) is 1. The molecule has 14 heteroatoms. The molecule has 4 aromatic rings. The molecule has 1 N–H and O–H groups in total. The number of hydrogen-bond donors (Lipinski definition) is 1. The Morgan fingerprint density at radius 1 is 0.960 bits per heavy atom. The van der Waals surface area contributed by atoms with E-state index in [1.807, 2.05) is 29.2 Å². The van der Waals surface area contributed by atoms with E-state index < -0.39 is 27.4 Å². The lowest BCUT2D eigenvalue weighted by molar-refractivity contribution is -0.133. The minimum Gasteiger partial charge on any atom is -0.451 e. The first kappa shape index (κ1) is 35.0. The second kappa shape index (κ2) is 14.5. The van der Waals surface area contributed by atoms with Crippen molar-refractivity contribution in [1.82, 2.24) is 15.1 Å². The van der Waals surface area contributed by atoms with Gasteiger partial charge in [0.2, 0.25) is 21.8 Å². The lowest BCUT2D eigenvalue weighted by Gasteiger charge is -2.38. The van der Waals surface area contributed by atoms with Crippen molar-refractivity contribution in [2.24, 2.45) is 0 Å². The number of nitrogens with one attached hydrogen (secondary N) is 1.